The third kappa shape index (κ3) is 3.27. The lowest BCUT2D eigenvalue weighted by molar-refractivity contribution is -0.148. The van der Waals surface area contributed by atoms with E-state index < -0.39 is 0 Å². The van der Waals surface area contributed by atoms with Crippen LogP contribution < -0.4 is 11.1 Å². The molecule has 1 amide bonds. The van der Waals surface area contributed by atoms with E-state index in [2.05, 4.69) is 19.2 Å². The molecule has 1 aromatic carbocycles. The Kier molecular flexibility index (Phi) is 5.46. The molecule has 1 aliphatic carbocycles. The average molecular weight is 304 g/mol. The van der Waals surface area contributed by atoms with Crippen molar-refractivity contribution < 1.29 is 9.53 Å². The highest BCUT2D eigenvalue weighted by atomic mass is 16.5. The number of benzene rings is 1. The third-order valence-corrected chi connectivity index (χ3v) is 5.15. The first-order valence-corrected chi connectivity index (χ1v) is 8.31. The summed E-state index contributed by atoms with van der Waals surface area (Å²) in [5.74, 6) is 0.0796. The SMILES string of the molecule is CCOC1CC(NC(=O)Cc2ccc(N)cc2)C1(CC)CC. The zero-order valence-corrected chi connectivity index (χ0v) is 13.9. The maximum absolute atomic E-state index is 12.3. The van der Waals surface area contributed by atoms with Gasteiger partial charge in [0.1, 0.15) is 0 Å². The Morgan fingerprint density at radius 1 is 1.27 bits per heavy atom. The predicted molar refractivity (Wildman–Crippen MR) is 89.5 cm³/mol. The summed E-state index contributed by atoms with van der Waals surface area (Å²) in [6.45, 7) is 7.14. The molecule has 4 heteroatoms. The van der Waals surface area contributed by atoms with Gasteiger partial charge in [-0.25, -0.2) is 0 Å². The summed E-state index contributed by atoms with van der Waals surface area (Å²) >= 11 is 0. The molecule has 0 aliphatic heterocycles. The number of anilines is 1. The molecule has 0 aromatic heterocycles. The predicted octanol–water partition coefficient (Wildman–Crippen LogP) is 2.91. The fourth-order valence-corrected chi connectivity index (χ4v) is 3.65. The van der Waals surface area contributed by atoms with E-state index in [1.54, 1.807) is 0 Å². The molecule has 1 saturated carbocycles. The molecule has 0 saturated heterocycles. The normalized spacial score (nSPS) is 22.9. The first-order valence-electron chi connectivity index (χ1n) is 8.31. The summed E-state index contributed by atoms with van der Waals surface area (Å²) in [7, 11) is 0. The highest BCUT2D eigenvalue weighted by Gasteiger charge is 2.53. The Morgan fingerprint density at radius 2 is 1.91 bits per heavy atom. The van der Waals surface area contributed by atoms with Crippen LogP contribution in [-0.4, -0.2) is 24.7 Å². The molecule has 0 radical (unpaired) electrons. The molecule has 1 aromatic rings. The Balaban J connectivity index is 1.95. The fraction of sp³-hybridized carbons (Fsp3) is 0.611. The Hall–Kier alpha value is -1.55. The van der Waals surface area contributed by atoms with Crippen LogP contribution in [0, 0.1) is 5.41 Å². The van der Waals surface area contributed by atoms with E-state index in [9.17, 15) is 4.79 Å². The van der Waals surface area contributed by atoms with E-state index in [1.165, 1.54) is 0 Å². The summed E-state index contributed by atoms with van der Waals surface area (Å²) in [6, 6.07) is 7.70. The van der Waals surface area contributed by atoms with Crippen molar-refractivity contribution in [3.05, 3.63) is 29.8 Å². The van der Waals surface area contributed by atoms with Gasteiger partial charge in [-0.2, -0.15) is 0 Å². The van der Waals surface area contributed by atoms with Gasteiger partial charge in [-0.1, -0.05) is 26.0 Å². The van der Waals surface area contributed by atoms with Gasteiger partial charge in [-0.3, -0.25) is 4.79 Å². The van der Waals surface area contributed by atoms with Gasteiger partial charge in [0.15, 0.2) is 0 Å². The zero-order chi connectivity index (χ0) is 16.2. The zero-order valence-electron chi connectivity index (χ0n) is 13.9. The Bertz CT molecular complexity index is 494. The van der Waals surface area contributed by atoms with Crippen LogP contribution in [0.2, 0.25) is 0 Å². The van der Waals surface area contributed by atoms with E-state index in [4.69, 9.17) is 10.5 Å². The molecular formula is C18H28N2O2. The minimum Gasteiger partial charge on any atom is -0.399 e. The number of hydrogen-bond acceptors (Lipinski definition) is 3. The Morgan fingerprint density at radius 3 is 2.45 bits per heavy atom. The average Bonchev–Trinajstić information content (AvgIpc) is 2.50. The maximum atomic E-state index is 12.3. The van der Waals surface area contributed by atoms with Gasteiger partial charge < -0.3 is 15.8 Å². The lowest BCUT2D eigenvalue weighted by Gasteiger charge is -2.55. The molecule has 0 heterocycles. The second-order valence-electron chi connectivity index (χ2n) is 6.16. The number of nitrogen functional groups attached to an aromatic ring is 1. The van der Waals surface area contributed by atoms with Crippen LogP contribution in [0.15, 0.2) is 24.3 Å². The topological polar surface area (TPSA) is 64.3 Å². The molecule has 0 spiro atoms. The molecule has 1 fully saturated rings. The number of carbonyl (C=O) groups excluding carboxylic acids is 1. The quantitative estimate of drug-likeness (QED) is 0.761. The fourth-order valence-electron chi connectivity index (χ4n) is 3.65. The van der Waals surface area contributed by atoms with Crippen molar-refractivity contribution in [1.29, 1.82) is 0 Å². The van der Waals surface area contributed by atoms with Gasteiger partial charge in [0, 0.05) is 23.8 Å². The van der Waals surface area contributed by atoms with Gasteiger partial charge >= 0.3 is 0 Å². The summed E-state index contributed by atoms with van der Waals surface area (Å²) < 4.78 is 5.85. The van der Waals surface area contributed by atoms with Crippen molar-refractivity contribution in [2.45, 2.75) is 58.6 Å². The molecule has 3 N–H and O–H groups in total. The van der Waals surface area contributed by atoms with Crippen molar-refractivity contribution in [2.75, 3.05) is 12.3 Å². The molecule has 0 bridgehead atoms. The summed E-state index contributed by atoms with van der Waals surface area (Å²) in [6.07, 6.45) is 3.65. The number of nitrogens with two attached hydrogens (primary N) is 1. The highest BCUT2D eigenvalue weighted by Crippen LogP contribution is 2.48. The van der Waals surface area contributed by atoms with Gasteiger partial charge in [0.2, 0.25) is 5.91 Å². The van der Waals surface area contributed by atoms with Crippen LogP contribution in [0.5, 0.6) is 0 Å². The summed E-state index contributed by atoms with van der Waals surface area (Å²) in [5, 5.41) is 3.21. The number of amides is 1. The summed E-state index contributed by atoms with van der Waals surface area (Å²) in [5.41, 5.74) is 7.47. The molecule has 1 aliphatic rings. The third-order valence-electron chi connectivity index (χ3n) is 5.15. The van der Waals surface area contributed by atoms with E-state index in [1.807, 2.05) is 31.2 Å². The Labute approximate surface area is 133 Å². The van der Waals surface area contributed by atoms with E-state index in [0.717, 1.165) is 37.1 Å². The minimum absolute atomic E-state index is 0.0796. The van der Waals surface area contributed by atoms with Crippen LogP contribution in [0.3, 0.4) is 0 Å². The van der Waals surface area contributed by atoms with Crippen LogP contribution in [0.25, 0.3) is 0 Å². The van der Waals surface area contributed by atoms with Gasteiger partial charge in [0.05, 0.1) is 12.5 Å². The molecule has 4 nitrogen and oxygen atoms in total. The maximum Gasteiger partial charge on any atom is 0.224 e. The van der Waals surface area contributed by atoms with Crippen LogP contribution in [-0.2, 0) is 16.0 Å². The number of rotatable bonds is 7. The van der Waals surface area contributed by atoms with Gasteiger partial charge in [-0.05, 0) is 43.9 Å². The van der Waals surface area contributed by atoms with Crippen molar-refractivity contribution in [2.24, 2.45) is 5.41 Å². The largest absolute Gasteiger partial charge is 0.399 e. The van der Waals surface area contributed by atoms with Crippen molar-refractivity contribution in [3.63, 3.8) is 0 Å². The monoisotopic (exact) mass is 304 g/mol. The van der Waals surface area contributed by atoms with Crippen molar-refractivity contribution >= 4 is 11.6 Å². The molecule has 22 heavy (non-hydrogen) atoms. The second-order valence-corrected chi connectivity index (χ2v) is 6.16. The molecule has 2 unspecified atom stereocenters. The lowest BCUT2D eigenvalue weighted by Crippen LogP contribution is -2.64. The molecule has 2 atom stereocenters. The van der Waals surface area contributed by atoms with Crippen LogP contribution >= 0.6 is 0 Å². The minimum atomic E-state index is 0.0796. The van der Waals surface area contributed by atoms with Crippen LogP contribution in [0.4, 0.5) is 5.69 Å². The van der Waals surface area contributed by atoms with E-state index in [-0.39, 0.29) is 23.5 Å². The van der Waals surface area contributed by atoms with Crippen molar-refractivity contribution in [3.8, 4) is 0 Å². The van der Waals surface area contributed by atoms with Gasteiger partial charge in [-0.15, -0.1) is 0 Å². The lowest BCUT2D eigenvalue weighted by atomic mass is 9.58. The van der Waals surface area contributed by atoms with E-state index >= 15 is 0 Å². The first kappa shape index (κ1) is 16.8. The smallest absolute Gasteiger partial charge is 0.224 e. The summed E-state index contributed by atoms with van der Waals surface area (Å²) in [4.78, 5) is 12.3. The van der Waals surface area contributed by atoms with Gasteiger partial charge in [0.25, 0.3) is 0 Å². The number of nitrogens with one attached hydrogen (secondary N) is 1. The highest BCUT2D eigenvalue weighted by molar-refractivity contribution is 5.79. The van der Waals surface area contributed by atoms with E-state index in [0.29, 0.717) is 6.42 Å². The standard InChI is InChI=1S/C18H28N2O2/c1-4-18(5-2)15(12-16(18)22-6-3)20-17(21)11-13-7-9-14(19)10-8-13/h7-10,15-16H,4-6,11-12,19H2,1-3H3,(H,20,21). The number of ether oxygens (including phenoxy) is 1. The van der Waals surface area contributed by atoms with Crippen molar-refractivity contribution in [1.82, 2.24) is 5.32 Å². The molecular weight excluding hydrogens is 276 g/mol. The second kappa shape index (κ2) is 7.14. The van der Waals surface area contributed by atoms with Crippen LogP contribution in [0.1, 0.15) is 45.6 Å². The number of hydrogen-bond donors (Lipinski definition) is 2. The molecule has 122 valence electrons. The molecule has 2 rings (SSSR count). The first-order chi connectivity index (χ1) is 10.6. The number of carbonyl (C=O) groups is 1.